The lowest BCUT2D eigenvalue weighted by Crippen LogP contribution is -2.43. The number of hydrogen-bond acceptors (Lipinski definition) is 3. The van der Waals surface area contributed by atoms with Gasteiger partial charge in [-0.1, -0.05) is 19.8 Å². The molecule has 0 aromatic carbocycles. The molecular formula is C12H25NOS. The first kappa shape index (κ1) is 13.3. The second-order valence-electron chi connectivity index (χ2n) is 4.45. The molecule has 0 spiro atoms. The van der Waals surface area contributed by atoms with Crippen LogP contribution in [0.15, 0.2) is 0 Å². The van der Waals surface area contributed by atoms with E-state index in [0.717, 1.165) is 11.8 Å². The van der Waals surface area contributed by atoms with Crippen LogP contribution in [0.25, 0.3) is 0 Å². The highest BCUT2D eigenvalue weighted by atomic mass is 32.2. The van der Waals surface area contributed by atoms with E-state index in [0.29, 0.717) is 12.1 Å². The molecule has 3 unspecified atom stereocenters. The second kappa shape index (κ2) is 7.53. The van der Waals surface area contributed by atoms with Crippen LogP contribution in [0, 0.1) is 0 Å². The minimum Gasteiger partial charge on any atom is -0.380 e. The molecule has 3 atom stereocenters. The van der Waals surface area contributed by atoms with Gasteiger partial charge in [0.1, 0.15) is 0 Å². The fraction of sp³-hybridized carbons (Fsp3) is 1.00. The van der Waals surface area contributed by atoms with E-state index in [4.69, 9.17) is 4.74 Å². The Morgan fingerprint density at radius 1 is 1.40 bits per heavy atom. The molecule has 2 nitrogen and oxygen atoms in total. The van der Waals surface area contributed by atoms with Gasteiger partial charge in [-0.25, -0.2) is 0 Å². The Bertz CT molecular complexity index is 166. The number of thioether (sulfide) groups is 1. The van der Waals surface area contributed by atoms with E-state index in [1.54, 1.807) is 0 Å². The highest BCUT2D eigenvalue weighted by Gasteiger charge is 2.23. The Balaban J connectivity index is 2.17. The molecule has 1 rings (SSSR count). The van der Waals surface area contributed by atoms with Gasteiger partial charge in [-0.2, -0.15) is 11.8 Å². The molecule has 15 heavy (non-hydrogen) atoms. The van der Waals surface area contributed by atoms with E-state index in [1.807, 2.05) is 18.9 Å². The Hall–Kier alpha value is 0.270. The highest BCUT2D eigenvalue weighted by Crippen LogP contribution is 2.20. The van der Waals surface area contributed by atoms with Crippen LogP contribution >= 0.6 is 11.8 Å². The third kappa shape index (κ3) is 4.75. The number of ether oxygens (including phenoxy) is 1. The Kier molecular flexibility index (Phi) is 6.69. The van der Waals surface area contributed by atoms with Gasteiger partial charge in [0, 0.05) is 18.4 Å². The van der Waals surface area contributed by atoms with Crippen molar-refractivity contribution in [3.05, 3.63) is 0 Å². The molecule has 3 heteroatoms. The Labute approximate surface area is 98.5 Å². The lowest BCUT2D eigenvalue weighted by Gasteiger charge is -2.31. The van der Waals surface area contributed by atoms with Crippen LogP contribution in [0.5, 0.6) is 0 Å². The molecule has 0 heterocycles. The van der Waals surface area contributed by atoms with Crippen molar-refractivity contribution in [1.29, 1.82) is 0 Å². The van der Waals surface area contributed by atoms with Gasteiger partial charge in [0.15, 0.2) is 0 Å². The average Bonchev–Trinajstić information content (AvgIpc) is 2.29. The van der Waals surface area contributed by atoms with Gasteiger partial charge in [-0.3, -0.25) is 0 Å². The summed E-state index contributed by atoms with van der Waals surface area (Å²) in [6.07, 6.45) is 9.09. The lowest BCUT2D eigenvalue weighted by molar-refractivity contribution is 0.0419. The summed E-state index contributed by atoms with van der Waals surface area (Å²) in [5.74, 6) is 0. The molecule has 1 N–H and O–H groups in total. The summed E-state index contributed by atoms with van der Waals surface area (Å²) in [7, 11) is 1.84. The van der Waals surface area contributed by atoms with Crippen molar-refractivity contribution in [3.63, 3.8) is 0 Å². The van der Waals surface area contributed by atoms with Crippen LogP contribution < -0.4 is 5.32 Å². The molecule has 0 amide bonds. The zero-order valence-corrected chi connectivity index (χ0v) is 11.1. The van der Waals surface area contributed by atoms with Gasteiger partial charge in [-0.15, -0.1) is 0 Å². The lowest BCUT2D eigenvalue weighted by atomic mass is 9.92. The van der Waals surface area contributed by atoms with Crippen molar-refractivity contribution in [3.8, 4) is 0 Å². The third-order valence-electron chi connectivity index (χ3n) is 3.37. The van der Waals surface area contributed by atoms with Gasteiger partial charge < -0.3 is 10.1 Å². The first-order chi connectivity index (χ1) is 7.27. The summed E-state index contributed by atoms with van der Waals surface area (Å²) in [5, 5.41) is 4.42. The van der Waals surface area contributed by atoms with Crippen LogP contribution in [-0.4, -0.2) is 37.3 Å². The Morgan fingerprint density at radius 3 is 2.80 bits per heavy atom. The number of nitrogens with one attached hydrogen (secondary N) is 1. The van der Waals surface area contributed by atoms with E-state index < -0.39 is 0 Å². The molecule has 0 saturated heterocycles. The van der Waals surface area contributed by atoms with Crippen LogP contribution in [0.4, 0.5) is 0 Å². The summed E-state index contributed by atoms with van der Waals surface area (Å²) in [6, 6.07) is 0.595. The topological polar surface area (TPSA) is 21.3 Å². The van der Waals surface area contributed by atoms with Crippen LogP contribution in [-0.2, 0) is 4.74 Å². The van der Waals surface area contributed by atoms with Crippen LogP contribution in [0.3, 0.4) is 0 Å². The van der Waals surface area contributed by atoms with Crippen molar-refractivity contribution in [2.45, 2.75) is 56.4 Å². The summed E-state index contributed by atoms with van der Waals surface area (Å²) >= 11 is 1.95. The SMILES string of the molecule is COC1CCCCC1NCCC(C)SC. The van der Waals surface area contributed by atoms with Crippen molar-refractivity contribution in [2.24, 2.45) is 0 Å². The first-order valence-corrected chi connectivity index (χ1v) is 7.35. The summed E-state index contributed by atoms with van der Waals surface area (Å²) in [6.45, 7) is 3.42. The monoisotopic (exact) mass is 231 g/mol. The van der Waals surface area contributed by atoms with Crippen LogP contribution in [0.2, 0.25) is 0 Å². The molecule has 0 aromatic heterocycles. The van der Waals surface area contributed by atoms with E-state index in [-0.39, 0.29) is 0 Å². The smallest absolute Gasteiger partial charge is 0.0724 e. The predicted molar refractivity (Wildman–Crippen MR) is 68.6 cm³/mol. The fourth-order valence-corrected chi connectivity index (χ4v) is 2.56. The zero-order chi connectivity index (χ0) is 11.1. The summed E-state index contributed by atoms with van der Waals surface area (Å²) in [4.78, 5) is 0. The first-order valence-electron chi connectivity index (χ1n) is 6.07. The molecular weight excluding hydrogens is 206 g/mol. The van der Waals surface area contributed by atoms with Gasteiger partial charge in [-0.05, 0) is 32.1 Å². The van der Waals surface area contributed by atoms with Crippen molar-refractivity contribution in [1.82, 2.24) is 5.32 Å². The summed E-state index contributed by atoms with van der Waals surface area (Å²) in [5.41, 5.74) is 0. The van der Waals surface area contributed by atoms with Crippen molar-refractivity contribution < 1.29 is 4.74 Å². The zero-order valence-electron chi connectivity index (χ0n) is 10.3. The molecule has 0 radical (unpaired) electrons. The minimum atomic E-state index is 0.448. The number of hydrogen-bond donors (Lipinski definition) is 1. The van der Waals surface area contributed by atoms with Crippen LogP contribution in [0.1, 0.15) is 39.0 Å². The standard InChI is InChI=1S/C12H25NOS/c1-10(15-3)8-9-13-11-6-4-5-7-12(11)14-2/h10-13H,4-9H2,1-3H3. The Morgan fingerprint density at radius 2 is 2.13 bits per heavy atom. The largest absolute Gasteiger partial charge is 0.380 e. The number of methoxy groups -OCH3 is 1. The van der Waals surface area contributed by atoms with Gasteiger partial charge in [0.05, 0.1) is 6.10 Å². The fourth-order valence-electron chi connectivity index (χ4n) is 2.20. The van der Waals surface area contributed by atoms with Crippen molar-refractivity contribution in [2.75, 3.05) is 19.9 Å². The maximum Gasteiger partial charge on any atom is 0.0724 e. The molecule has 90 valence electrons. The molecule has 1 saturated carbocycles. The average molecular weight is 231 g/mol. The maximum atomic E-state index is 5.52. The summed E-state index contributed by atoms with van der Waals surface area (Å²) < 4.78 is 5.52. The molecule has 1 fully saturated rings. The van der Waals surface area contributed by atoms with Gasteiger partial charge >= 0.3 is 0 Å². The maximum absolute atomic E-state index is 5.52. The molecule has 0 aromatic rings. The second-order valence-corrected chi connectivity index (χ2v) is 5.73. The molecule has 1 aliphatic rings. The minimum absolute atomic E-state index is 0.448. The molecule has 1 aliphatic carbocycles. The van der Waals surface area contributed by atoms with Crippen molar-refractivity contribution >= 4 is 11.8 Å². The highest BCUT2D eigenvalue weighted by molar-refractivity contribution is 7.99. The normalized spacial score (nSPS) is 29.0. The van der Waals surface area contributed by atoms with E-state index in [1.165, 1.54) is 32.1 Å². The number of rotatable bonds is 6. The third-order valence-corrected chi connectivity index (χ3v) is 4.41. The van der Waals surface area contributed by atoms with E-state index >= 15 is 0 Å². The quantitative estimate of drug-likeness (QED) is 0.759. The predicted octanol–water partition coefficient (Wildman–Crippen LogP) is 2.68. The van der Waals surface area contributed by atoms with Gasteiger partial charge in [0.25, 0.3) is 0 Å². The molecule has 0 bridgehead atoms. The van der Waals surface area contributed by atoms with E-state index in [2.05, 4.69) is 18.5 Å². The molecule has 0 aliphatic heterocycles. The van der Waals surface area contributed by atoms with E-state index in [9.17, 15) is 0 Å². The van der Waals surface area contributed by atoms with Gasteiger partial charge in [0.2, 0.25) is 0 Å².